The van der Waals surface area contributed by atoms with Crippen LogP contribution in [0.5, 0.6) is 5.75 Å². The fraction of sp³-hybridized carbons (Fsp3) is 0.0714. The molecule has 2 aromatic carbocycles. The molecule has 0 spiro atoms. The minimum atomic E-state index is -0.0115. The predicted molar refractivity (Wildman–Crippen MR) is 68.0 cm³/mol. The maximum Gasteiger partial charge on any atom is 0.133 e. The van der Waals surface area contributed by atoms with E-state index < -0.39 is 0 Å². The first kappa shape index (κ1) is 11.5. The fourth-order valence-corrected chi connectivity index (χ4v) is 2.00. The number of benzene rings is 2. The molecule has 3 heteroatoms. The zero-order chi connectivity index (χ0) is 12.4. The van der Waals surface area contributed by atoms with Gasteiger partial charge in [0.15, 0.2) is 0 Å². The van der Waals surface area contributed by atoms with Crippen LogP contribution in [-0.4, -0.2) is 5.11 Å². The predicted octanol–water partition coefficient (Wildman–Crippen LogP) is 3.89. The Morgan fingerprint density at radius 2 is 1.88 bits per heavy atom. The largest absolute Gasteiger partial charge is 0.507 e. The van der Waals surface area contributed by atoms with Crippen molar-refractivity contribution in [3.8, 4) is 22.9 Å². The van der Waals surface area contributed by atoms with Gasteiger partial charge in [-0.25, -0.2) is 0 Å². The number of phenolic OH excluding ortho intramolecular Hbond substituents is 1. The van der Waals surface area contributed by atoms with E-state index in [1.807, 2.05) is 31.2 Å². The standard InChI is InChI=1S/C14H10ClNO/c1-9-4-12(6-13(15)5-9)10-2-3-11(8-16)14(17)7-10/h2-7,17H,1H3. The Labute approximate surface area is 105 Å². The van der Waals surface area contributed by atoms with Gasteiger partial charge in [0.25, 0.3) is 0 Å². The van der Waals surface area contributed by atoms with Gasteiger partial charge in [-0.05, 0) is 47.9 Å². The molecular formula is C14H10ClNO. The van der Waals surface area contributed by atoms with Crippen molar-refractivity contribution >= 4 is 11.6 Å². The summed E-state index contributed by atoms with van der Waals surface area (Å²) in [6.45, 7) is 1.96. The lowest BCUT2D eigenvalue weighted by Gasteiger charge is -2.05. The molecule has 17 heavy (non-hydrogen) atoms. The second-order valence-electron chi connectivity index (χ2n) is 3.86. The van der Waals surface area contributed by atoms with Crippen LogP contribution in [0.3, 0.4) is 0 Å². The molecular weight excluding hydrogens is 234 g/mol. The van der Waals surface area contributed by atoms with Gasteiger partial charge < -0.3 is 5.11 Å². The lowest BCUT2D eigenvalue weighted by molar-refractivity contribution is 0.474. The van der Waals surface area contributed by atoms with Crippen molar-refractivity contribution < 1.29 is 5.11 Å². The number of aromatic hydroxyl groups is 1. The molecule has 0 unspecified atom stereocenters. The van der Waals surface area contributed by atoms with Gasteiger partial charge in [-0.3, -0.25) is 0 Å². The maximum absolute atomic E-state index is 9.64. The van der Waals surface area contributed by atoms with E-state index in [1.54, 1.807) is 18.2 Å². The number of aryl methyl sites for hydroxylation is 1. The second-order valence-corrected chi connectivity index (χ2v) is 4.30. The van der Waals surface area contributed by atoms with Crippen LogP contribution in [0.2, 0.25) is 5.02 Å². The van der Waals surface area contributed by atoms with E-state index in [-0.39, 0.29) is 11.3 Å². The third kappa shape index (κ3) is 2.41. The van der Waals surface area contributed by atoms with Crippen molar-refractivity contribution in [3.63, 3.8) is 0 Å². The maximum atomic E-state index is 9.64. The minimum Gasteiger partial charge on any atom is -0.507 e. The summed E-state index contributed by atoms with van der Waals surface area (Å²) in [6.07, 6.45) is 0. The van der Waals surface area contributed by atoms with Crippen LogP contribution >= 0.6 is 11.6 Å². The van der Waals surface area contributed by atoms with Crippen molar-refractivity contribution in [3.05, 3.63) is 52.5 Å². The van der Waals surface area contributed by atoms with Crippen molar-refractivity contribution in [2.45, 2.75) is 6.92 Å². The van der Waals surface area contributed by atoms with Gasteiger partial charge in [0.05, 0.1) is 5.56 Å². The third-order valence-electron chi connectivity index (χ3n) is 2.49. The van der Waals surface area contributed by atoms with Gasteiger partial charge in [0.1, 0.15) is 11.8 Å². The molecule has 84 valence electrons. The third-order valence-corrected chi connectivity index (χ3v) is 2.71. The summed E-state index contributed by atoms with van der Waals surface area (Å²) in [5.41, 5.74) is 3.09. The molecule has 0 aliphatic rings. The first-order valence-electron chi connectivity index (χ1n) is 5.11. The van der Waals surface area contributed by atoms with Crippen molar-refractivity contribution in [2.75, 3.05) is 0 Å². The van der Waals surface area contributed by atoms with Gasteiger partial charge in [-0.2, -0.15) is 5.26 Å². The summed E-state index contributed by atoms with van der Waals surface area (Å²) in [5.74, 6) is -0.0115. The molecule has 0 fully saturated rings. The molecule has 0 aromatic heterocycles. The molecule has 0 saturated carbocycles. The Balaban J connectivity index is 2.54. The first-order chi connectivity index (χ1) is 8.10. The van der Waals surface area contributed by atoms with Gasteiger partial charge in [-0.15, -0.1) is 0 Å². The summed E-state index contributed by atoms with van der Waals surface area (Å²) in [5, 5.41) is 19.0. The van der Waals surface area contributed by atoms with Crippen molar-refractivity contribution in [1.82, 2.24) is 0 Å². The van der Waals surface area contributed by atoms with Crippen LogP contribution in [0, 0.1) is 18.3 Å². The Hall–Kier alpha value is -1.98. The molecule has 0 radical (unpaired) electrons. The van der Waals surface area contributed by atoms with Crippen LogP contribution in [0.4, 0.5) is 0 Å². The molecule has 0 saturated heterocycles. The molecule has 0 bridgehead atoms. The monoisotopic (exact) mass is 243 g/mol. The van der Waals surface area contributed by atoms with Crippen molar-refractivity contribution in [1.29, 1.82) is 5.26 Å². The van der Waals surface area contributed by atoms with E-state index in [1.165, 1.54) is 0 Å². The number of phenols is 1. The van der Waals surface area contributed by atoms with Crippen LogP contribution < -0.4 is 0 Å². The molecule has 0 heterocycles. The highest BCUT2D eigenvalue weighted by atomic mass is 35.5. The molecule has 0 aliphatic heterocycles. The van der Waals surface area contributed by atoms with E-state index in [9.17, 15) is 5.11 Å². The number of rotatable bonds is 1. The number of hydrogen-bond donors (Lipinski definition) is 1. The Bertz CT molecular complexity index is 594. The summed E-state index contributed by atoms with van der Waals surface area (Å²) in [6, 6.07) is 12.6. The average molecular weight is 244 g/mol. The summed E-state index contributed by atoms with van der Waals surface area (Å²) in [7, 11) is 0. The second kappa shape index (κ2) is 4.48. The lowest BCUT2D eigenvalue weighted by Crippen LogP contribution is -1.83. The highest BCUT2D eigenvalue weighted by molar-refractivity contribution is 6.30. The zero-order valence-electron chi connectivity index (χ0n) is 9.24. The number of nitriles is 1. The Kier molecular flexibility index (Phi) is 3.03. The van der Waals surface area contributed by atoms with E-state index >= 15 is 0 Å². The molecule has 1 N–H and O–H groups in total. The van der Waals surface area contributed by atoms with Gasteiger partial charge in [0.2, 0.25) is 0 Å². The SMILES string of the molecule is Cc1cc(Cl)cc(-c2ccc(C#N)c(O)c2)c1. The Morgan fingerprint density at radius 1 is 1.12 bits per heavy atom. The van der Waals surface area contributed by atoms with E-state index in [0.717, 1.165) is 16.7 Å². The highest BCUT2D eigenvalue weighted by Gasteiger charge is 2.05. The Morgan fingerprint density at radius 3 is 2.47 bits per heavy atom. The van der Waals surface area contributed by atoms with Crippen LogP contribution in [0.1, 0.15) is 11.1 Å². The topological polar surface area (TPSA) is 44.0 Å². The summed E-state index contributed by atoms with van der Waals surface area (Å²) in [4.78, 5) is 0. The van der Waals surface area contributed by atoms with Crippen molar-refractivity contribution in [2.24, 2.45) is 0 Å². The van der Waals surface area contributed by atoms with E-state index in [2.05, 4.69) is 0 Å². The van der Waals surface area contributed by atoms with Gasteiger partial charge in [-0.1, -0.05) is 23.7 Å². The molecule has 0 atom stereocenters. The molecule has 2 nitrogen and oxygen atoms in total. The summed E-state index contributed by atoms with van der Waals surface area (Å²) < 4.78 is 0. The van der Waals surface area contributed by atoms with E-state index in [4.69, 9.17) is 16.9 Å². The van der Waals surface area contributed by atoms with Crippen LogP contribution in [-0.2, 0) is 0 Å². The fourth-order valence-electron chi connectivity index (χ4n) is 1.71. The number of hydrogen-bond acceptors (Lipinski definition) is 2. The van der Waals surface area contributed by atoms with Crippen LogP contribution in [0.25, 0.3) is 11.1 Å². The average Bonchev–Trinajstić information content (AvgIpc) is 2.27. The van der Waals surface area contributed by atoms with E-state index in [0.29, 0.717) is 5.02 Å². The van der Waals surface area contributed by atoms with Crippen LogP contribution in [0.15, 0.2) is 36.4 Å². The smallest absolute Gasteiger partial charge is 0.133 e. The normalized spacial score (nSPS) is 9.94. The molecule has 2 rings (SSSR count). The molecule has 0 amide bonds. The number of nitrogens with zero attached hydrogens (tertiary/aromatic N) is 1. The van der Waals surface area contributed by atoms with Gasteiger partial charge >= 0.3 is 0 Å². The lowest BCUT2D eigenvalue weighted by atomic mass is 10.0. The molecule has 0 aliphatic carbocycles. The van der Waals surface area contributed by atoms with Gasteiger partial charge in [0, 0.05) is 5.02 Å². The zero-order valence-corrected chi connectivity index (χ0v) is 9.99. The first-order valence-corrected chi connectivity index (χ1v) is 5.48. The summed E-state index contributed by atoms with van der Waals surface area (Å²) >= 11 is 5.98. The minimum absolute atomic E-state index is 0.0115. The quantitative estimate of drug-likeness (QED) is 0.826. The molecule has 2 aromatic rings. The highest BCUT2D eigenvalue weighted by Crippen LogP contribution is 2.28. The number of halogens is 1.